The minimum atomic E-state index is -1.15. The highest BCUT2D eigenvalue weighted by molar-refractivity contribution is 5.93. The fraction of sp³-hybridized carbons (Fsp3) is 0.296. The standard InChI is InChI=1S/C27H29N3O3/c1-20-10-12-22(13-11-20)23-8-6-7-21(17-23)18-27(26(32)29(2)3)19-30(15-16-33-27)25(31)24-9-4-5-14-28-24/h4-14,17H,15-16,18-19H2,1-3H3. The number of carbonyl (C=O) groups excluding carboxylic acids is 2. The molecule has 2 amide bonds. The molecule has 1 atom stereocenters. The molecule has 1 unspecified atom stereocenters. The molecule has 0 N–H and O–H groups in total. The van der Waals surface area contributed by atoms with Crippen LogP contribution in [-0.4, -0.2) is 66.0 Å². The summed E-state index contributed by atoms with van der Waals surface area (Å²) in [6.07, 6.45) is 1.97. The number of carbonyl (C=O) groups is 2. The van der Waals surface area contributed by atoms with E-state index in [2.05, 4.69) is 48.3 Å². The Hall–Kier alpha value is -3.51. The summed E-state index contributed by atoms with van der Waals surface area (Å²) in [6, 6.07) is 21.8. The number of ether oxygens (including phenoxy) is 1. The van der Waals surface area contributed by atoms with Crippen LogP contribution in [0.15, 0.2) is 72.9 Å². The van der Waals surface area contributed by atoms with Crippen LogP contribution in [0.4, 0.5) is 0 Å². The highest BCUT2D eigenvalue weighted by atomic mass is 16.5. The molecule has 2 heterocycles. The van der Waals surface area contributed by atoms with E-state index in [9.17, 15) is 9.59 Å². The van der Waals surface area contributed by atoms with E-state index in [0.29, 0.717) is 18.7 Å². The zero-order chi connectivity index (χ0) is 23.4. The zero-order valence-electron chi connectivity index (χ0n) is 19.3. The number of pyridine rings is 1. The molecule has 6 heteroatoms. The Bertz CT molecular complexity index is 1130. The summed E-state index contributed by atoms with van der Waals surface area (Å²) >= 11 is 0. The van der Waals surface area contributed by atoms with Crippen LogP contribution in [0.3, 0.4) is 0 Å². The molecule has 1 aromatic heterocycles. The quantitative estimate of drug-likeness (QED) is 0.605. The summed E-state index contributed by atoms with van der Waals surface area (Å²) in [6.45, 7) is 2.94. The van der Waals surface area contributed by atoms with Gasteiger partial charge in [0.1, 0.15) is 5.69 Å². The van der Waals surface area contributed by atoms with Crippen molar-refractivity contribution in [2.24, 2.45) is 0 Å². The summed E-state index contributed by atoms with van der Waals surface area (Å²) in [5.74, 6) is -0.343. The first-order valence-corrected chi connectivity index (χ1v) is 11.1. The van der Waals surface area contributed by atoms with Gasteiger partial charge in [-0.1, -0.05) is 60.2 Å². The van der Waals surface area contributed by atoms with Gasteiger partial charge in [-0.05, 0) is 35.7 Å². The molecule has 170 valence electrons. The largest absolute Gasteiger partial charge is 0.361 e. The monoisotopic (exact) mass is 443 g/mol. The Morgan fingerprint density at radius 2 is 1.82 bits per heavy atom. The molecule has 3 aromatic rings. The van der Waals surface area contributed by atoms with Crippen LogP contribution in [0.5, 0.6) is 0 Å². The molecule has 0 saturated carbocycles. The fourth-order valence-corrected chi connectivity index (χ4v) is 4.26. The van der Waals surface area contributed by atoms with Gasteiger partial charge in [0.15, 0.2) is 5.60 Å². The molecule has 0 radical (unpaired) electrons. The second-order valence-electron chi connectivity index (χ2n) is 8.73. The first-order valence-electron chi connectivity index (χ1n) is 11.1. The van der Waals surface area contributed by atoms with Gasteiger partial charge in [0.2, 0.25) is 0 Å². The maximum atomic E-state index is 13.4. The van der Waals surface area contributed by atoms with Crippen LogP contribution < -0.4 is 0 Å². The second kappa shape index (κ2) is 9.55. The molecule has 1 fully saturated rings. The van der Waals surface area contributed by atoms with Crippen LogP contribution >= 0.6 is 0 Å². The lowest BCUT2D eigenvalue weighted by Crippen LogP contribution is -2.61. The number of hydrogen-bond acceptors (Lipinski definition) is 4. The van der Waals surface area contributed by atoms with Gasteiger partial charge in [0, 0.05) is 33.3 Å². The van der Waals surface area contributed by atoms with E-state index in [1.807, 2.05) is 12.1 Å². The van der Waals surface area contributed by atoms with Crippen LogP contribution in [-0.2, 0) is 16.0 Å². The topological polar surface area (TPSA) is 62.7 Å². The zero-order valence-corrected chi connectivity index (χ0v) is 19.3. The molecule has 4 rings (SSSR count). The fourth-order valence-electron chi connectivity index (χ4n) is 4.26. The molecule has 2 aromatic carbocycles. The van der Waals surface area contributed by atoms with E-state index in [0.717, 1.165) is 16.7 Å². The third kappa shape index (κ3) is 4.96. The number of nitrogens with zero attached hydrogens (tertiary/aromatic N) is 3. The van der Waals surface area contributed by atoms with Gasteiger partial charge in [0.05, 0.1) is 13.2 Å². The van der Waals surface area contributed by atoms with Crippen molar-refractivity contribution in [1.82, 2.24) is 14.8 Å². The summed E-state index contributed by atoms with van der Waals surface area (Å²) in [5, 5.41) is 0. The van der Waals surface area contributed by atoms with Crippen molar-refractivity contribution >= 4 is 11.8 Å². The maximum absolute atomic E-state index is 13.4. The number of benzene rings is 2. The van der Waals surface area contributed by atoms with Gasteiger partial charge >= 0.3 is 0 Å². The number of aromatic nitrogens is 1. The minimum Gasteiger partial charge on any atom is -0.361 e. The smallest absolute Gasteiger partial charge is 0.272 e. The third-order valence-electron chi connectivity index (χ3n) is 5.95. The van der Waals surface area contributed by atoms with Crippen LogP contribution in [0.25, 0.3) is 11.1 Å². The summed E-state index contributed by atoms with van der Waals surface area (Å²) in [5.41, 5.74) is 3.60. The Morgan fingerprint density at radius 1 is 1.03 bits per heavy atom. The number of rotatable bonds is 5. The molecule has 0 spiro atoms. The molecule has 0 aliphatic carbocycles. The van der Waals surface area contributed by atoms with Crippen LogP contribution in [0, 0.1) is 6.92 Å². The lowest BCUT2D eigenvalue weighted by molar-refractivity contribution is -0.165. The first-order chi connectivity index (χ1) is 15.9. The van der Waals surface area contributed by atoms with Crippen LogP contribution in [0.2, 0.25) is 0 Å². The van der Waals surface area contributed by atoms with E-state index >= 15 is 0 Å². The maximum Gasteiger partial charge on any atom is 0.272 e. The average Bonchev–Trinajstić information content (AvgIpc) is 2.84. The molecular formula is C27H29N3O3. The van der Waals surface area contributed by atoms with Crippen molar-refractivity contribution in [3.8, 4) is 11.1 Å². The van der Waals surface area contributed by atoms with Crippen molar-refractivity contribution in [1.29, 1.82) is 0 Å². The normalized spacial score (nSPS) is 18.1. The van der Waals surface area contributed by atoms with Crippen LogP contribution in [0.1, 0.15) is 21.6 Å². The molecule has 0 bridgehead atoms. The van der Waals surface area contributed by atoms with E-state index in [1.54, 1.807) is 48.3 Å². The van der Waals surface area contributed by atoms with E-state index in [4.69, 9.17) is 4.74 Å². The third-order valence-corrected chi connectivity index (χ3v) is 5.95. The summed E-state index contributed by atoms with van der Waals surface area (Å²) in [4.78, 5) is 33.9. The highest BCUT2D eigenvalue weighted by Crippen LogP contribution is 2.29. The lowest BCUT2D eigenvalue weighted by Gasteiger charge is -2.42. The number of amides is 2. The van der Waals surface area contributed by atoms with E-state index < -0.39 is 5.60 Å². The number of aryl methyl sites for hydroxylation is 1. The summed E-state index contributed by atoms with van der Waals surface area (Å²) in [7, 11) is 3.44. The van der Waals surface area contributed by atoms with Crippen molar-refractivity contribution < 1.29 is 14.3 Å². The molecule has 6 nitrogen and oxygen atoms in total. The first kappa shape index (κ1) is 22.7. The molecule has 1 aliphatic heterocycles. The van der Waals surface area contributed by atoms with Gasteiger partial charge in [-0.15, -0.1) is 0 Å². The van der Waals surface area contributed by atoms with Crippen molar-refractivity contribution in [3.05, 3.63) is 89.7 Å². The average molecular weight is 444 g/mol. The van der Waals surface area contributed by atoms with Crippen molar-refractivity contribution in [2.45, 2.75) is 18.9 Å². The Morgan fingerprint density at radius 3 is 2.52 bits per heavy atom. The highest BCUT2D eigenvalue weighted by Gasteiger charge is 2.46. The second-order valence-corrected chi connectivity index (χ2v) is 8.73. The lowest BCUT2D eigenvalue weighted by atomic mass is 9.89. The van der Waals surface area contributed by atoms with Gasteiger partial charge in [-0.3, -0.25) is 14.6 Å². The molecule has 1 saturated heterocycles. The Labute approximate surface area is 194 Å². The molecule has 33 heavy (non-hydrogen) atoms. The predicted molar refractivity (Wildman–Crippen MR) is 128 cm³/mol. The minimum absolute atomic E-state index is 0.151. The van der Waals surface area contributed by atoms with Gasteiger partial charge in [-0.2, -0.15) is 0 Å². The van der Waals surface area contributed by atoms with Crippen molar-refractivity contribution in [3.63, 3.8) is 0 Å². The Kier molecular flexibility index (Phi) is 6.56. The van der Waals surface area contributed by atoms with Gasteiger partial charge in [0.25, 0.3) is 11.8 Å². The van der Waals surface area contributed by atoms with E-state index in [1.165, 1.54) is 5.56 Å². The molecule has 1 aliphatic rings. The van der Waals surface area contributed by atoms with Crippen molar-refractivity contribution in [2.75, 3.05) is 33.8 Å². The number of likely N-dealkylation sites (N-methyl/N-ethyl adjacent to an activating group) is 1. The number of hydrogen-bond donors (Lipinski definition) is 0. The van der Waals surface area contributed by atoms with Gasteiger partial charge in [-0.25, -0.2) is 0 Å². The molecular weight excluding hydrogens is 414 g/mol. The number of morpholine rings is 1. The van der Waals surface area contributed by atoms with E-state index in [-0.39, 0.29) is 25.0 Å². The summed E-state index contributed by atoms with van der Waals surface area (Å²) < 4.78 is 6.16. The Balaban J connectivity index is 1.64. The van der Waals surface area contributed by atoms with Gasteiger partial charge < -0.3 is 14.5 Å². The predicted octanol–water partition coefficient (Wildman–Crippen LogP) is 3.60. The SMILES string of the molecule is Cc1ccc(-c2cccc(CC3(C(=O)N(C)C)CN(C(=O)c4ccccn4)CCO3)c2)cc1.